The van der Waals surface area contributed by atoms with Crippen molar-refractivity contribution >= 4 is 17.2 Å². The molecule has 1 aromatic rings. The van der Waals surface area contributed by atoms with Gasteiger partial charge in [-0.05, 0) is 39.3 Å². The Morgan fingerprint density at radius 2 is 2.00 bits per heavy atom. The molecule has 0 saturated heterocycles. The molecule has 1 aromatic carbocycles. The van der Waals surface area contributed by atoms with Crippen LogP contribution in [-0.4, -0.2) is 15.2 Å². The van der Waals surface area contributed by atoms with Crippen LogP contribution in [0.5, 0.6) is 0 Å². The fourth-order valence-corrected chi connectivity index (χ4v) is 1.58. The highest BCUT2D eigenvalue weighted by molar-refractivity contribution is 7.85. The molecule has 4 heteroatoms. The average Bonchev–Trinajstić information content (AvgIpc) is 2.15. The van der Waals surface area contributed by atoms with E-state index in [4.69, 9.17) is 0 Å². The molecule has 0 aliphatic rings. The van der Waals surface area contributed by atoms with E-state index in [-0.39, 0.29) is 5.82 Å². The normalized spacial score (nSPS) is 14.3. The van der Waals surface area contributed by atoms with Gasteiger partial charge in [0.15, 0.2) is 0 Å². The highest BCUT2D eigenvalue weighted by atomic mass is 32.2. The smallest absolute Gasteiger partial charge is 0.144 e. The van der Waals surface area contributed by atoms with Gasteiger partial charge in [-0.3, -0.25) is 0 Å². The van der Waals surface area contributed by atoms with Crippen LogP contribution >= 0.6 is 0 Å². The predicted molar refractivity (Wildman–Crippen MR) is 66.6 cm³/mol. The average molecular weight is 241 g/mol. The van der Waals surface area contributed by atoms with E-state index in [1.807, 2.05) is 20.8 Å². The first-order valence-corrected chi connectivity index (χ1v) is 6.14. The summed E-state index contributed by atoms with van der Waals surface area (Å²) in [4.78, 5) is 0. The molecule has 0 unspecified atom stereocenters. The molecule has 1 atom stereocenters. The number of benzene rings is 1. The number of hydrogen-bond donors (Lipinski definition) is 0. The van der Waals surface area contributed by atoms with Crippen molar-refractivity contribution in [1.29, 1.82) is 0 Å². The third-order valence-corrected chi connectivity index (χ3v) is 3.42. The first-order valence-electron chi connectivity index (χ1n) is 5.03. The highest BCUT2D eigenvalue weighted by Crippen LogP contribution is 2.14. The van der Waals surface area contributed by atoms with Gasteiger partial charge in [-0.1, -0.05) is 12.1 Å². The van der Waals surface area contributed by atoms with Gasteiger partial charge in [0.1, 0.15) is 16.8 Å². The fraction of sp³-hybridized carbons (Fsp3) is 0.417. The lowest BCUT2D eigenvalue weighted by atomic mass is 10.1. The Morgan fingerprint density at radius 3 is 2.50 bits per heavy atom. The van der Waals surface area contributed by atoms with E-state index in [0.29, 0.717) is 5.56 Å². The van der Waals surface area contributed by atoms with Crippen LogP contribution in [0.4, 0.5) is 4.39 Å². The molecular formula is C12H16FNOS. The van der Waals surface area contributed by atoms with Crippen molar-refractivity contribution in [2.24, 2.45) is 4.40 Å². The summed E-state index contributed by atoms with van der Waals surface area (Å²) in [6.45, 7) is 7.28. The Bertz CT molecular complexity index is 415. The van der Waals surface area contributed by atoms with Crippen molar-refractivity contribution in [3.8, 4) is 0 Å². The second-order valence-corrected chi connectivity index (χ2v) is 6.50. The summed E-state index contributed by atoms with van der Waals surface area (Å²) in [6, 6.07) is 4.81. The van der Waals surface area contributed by atoms with Crippen LogP contribution in [0.3, 0.4) is 0 Å². The lowest BCUT2D eigenvalue weighted by Gasteiger charge is -2.12. The lowest BCUT2D eigenvalue weighted by Crippen LogP contribution is -2.19. The molecule has 0 aliphatic heterocycles. The third kappa shape index (κ3) is 3.23. The molecule has 0 aromatic heterocycles. The van der Waals surface area contributed by atoms with E-state index >= 15 is 0 Å². The largest absolute Gasteiger partial charge is 0.234 e. The molecule has 88 valence electrons. The number of aryl methyl sites for hydroxylation is 1. The molecule has 0 fully saturated rings. The van der Waals surface area contributed by atoms with E-state index < -0.39 is 15.7 Å². The van der Waals surface area contributed by atoms with Gasteiger partial charge in [0.25, 0.3) is 0 Å². The monoisotopic (exact) mass is 241 g/mol. The molecule has 0 spiro atoms. The third-order valence-electron chi connectivity index (χ3n) is 2.07. The van der Waals surface area contributed by atoms with E-state index in [1.54, 1.807) is 19.1 Å². The van der Waals surface area contributed by atoms with Crippen LogP contribution in [0.1, 0.15) is 31.9 Å². The quantitative estimate of drug-likeness (QED) is 0.732. The van der Waals surface area contributed by atoms with Crippen molar-refractivity contribution in [2.75, 3.05) is 0 Å². The zero-order chi connectivity index (χ0) is 12.3. The van der Waals surface area contributed by atoms with Crippen LogP contribution in [0, 0.1) is 12.7 Å². The van der Waals surface area contributed by atoms with Gasteiger partial charge in [-0.15, -0.1) is 0 Å². The summed E-state index contributed by atoms with van der Waals surface area (Å²) >= 11 is 0. The summed E-state index contributed by atoms with van der Waals surface area (Å²) < 4.78 is 28.5. The minimum atomic E-state index is -1.35. The van der Waals surface area contributed by atoms with Crippen LogP contribution in [0.2, 0.25) is 0 Å². The maximum Gasteiger partial charge on any atom is 0.144 e. The Labute approximate surface area is 98.2 Å². The molecule has 0 bridgehead atoms. The SMILES string of the molecule is Cc1cccc(F)c1/C=N/[S@@](=O)C(C)(C)C. The topological polar surface area (TPSA) is 29.4 Å². The number of hydrogen-bond acceptors (Lipinski definition) is 1. The molecule has 0 heterocycles. The van der Waals surface area contributed by atoms with E-state index in [1.165, 1.54) is 12.3 Å². The fourth-order valence-electron chi connectivity index (χ4n) is 1.07. The van der Waals surface area contributed by atoms with Crippen LogP contribution < -0.4 is 0 Å². The number of nitrogens with zero attached hydrogens (tertiary/aromatic N) is 1. The standard InChI is InChI=1S/C12H16FNOS/c1-9-6-5-7-11(13)10(9)8-14-16(15)12(2,3)4/h5-8H,1-4H3/b14-8+/t16-/m0/s1. The first-order chi connectivity index (χ1) is 7.32. The predicted octanol–water partition coefficient (Wildman–Crippen LogP) is 3.02. The van der Waals surface area contributed by atoms with E-state index in [0.717, 1.165) is 5.56 Å². The Morgan fingerprint density at radius 1 is 1.38 bits per heavy atom. The van der Waals surface area contributed by atoms with Crippen molar-refractivity contribution in [3.05, 3.63) is 35.1 Å². The van der Waals surface area contributed by atoms with Gasteiger partial charge in [0.05, 0.1) is 4.75 Å². The van der Waals surface area contributed by atoms with Crippen molar-refractivity contribution in [3.63, 3.8) is 0 Å². The summed E-state index contributed by atoms with van der Waals surface area (Å²) in [5.74, 6) is -0.338. The second kappa shape index (κ2) is 4.87. The maximum absolute atomic E-state index is 13.4. The van der Waals surface area contributed by atoms with Crippen LogP contribution in [-0.2, 0) is 11.0 Å². The molecule has 1 rings (SSSR count). The molecule has 16 heavy (non-hydrogen) atoms. The maximum atomic E-state index is 13.4. The Hall–Kier alpha value is -1.03. The molecular weight excluding hydrogens is 225 g/mol. The molecule has 0 amide bonds. The van der Waals surface area contributed by atoms with Gasteiger partial charge >= 0.3 is 0 Å². The number of rotatable bonds is 2. The summed E-state index contributed by atoms with van der Waals surface area (Å²) in [6.07, 6.45) is 1.35. The van der Waals surface area contributed by atoms with Crippen LogP contribution in [0.15, 0.2) is 22.6 Å². The van der Waals surface area contributed by atoms with Crippen molar-refractivity contribution in [1.82, 2.24) is 0 Å². The highest BCUT2D eigenvalue weighted by Gasteiger charge is 2.18. The number of halogens is 1. The first kappa shape index (κ1) is 13.0. The molecule has 2 nitrogen and oxygen atoms in total. The van der Waals surface area contributed by atoms with Crippen molar-refractivity contribution in [2.45, 2.75) is 32.4 Å². The van der Waals surface area contributed by atoms with Gasteiger partial charge in [0.2, 0.25) is 0 Å². The molecule has 0 N–H and O–H groups in total. The molecule has 0 radical (unpaired) electrons. The second-order valence-electron chi connectivity index (χ2n) is 4.57. The van der Waals surface area contributed by atoms with Gasteiger partial charge in [-0.2, -0.15) is 4.40 Å². The van der Waals surface area contributed by atoms with Gasteiger partial charge < -0.3 is 0 Å². The zero-order valence-electron chi connectivity index (χ0n) is 9.95. The lowest BCUT2D eigenvalue weighted by molar-refractivity contribution is 0.624. The van der Waals surface area contributed by atoms with E-state index in [2.05, 4.69) is 4.40 Å². The summed E-state index contributed by atoms with van der Waals surface area (Å²) in [5, 5.41) is 0. The Balaban J connectivity index is 2.98. The summed E-state index contributed by atoms with van der Waals surface area (Å²) in [7, 11) is -1.35. The summed E-state index contributed by atoms with van der Waals surface area (Å²) in [5.41, 5.74) is 1.19. The van der Waals surface area contributed by atoms with Gasteiger partial charge in [0, 0.05) is 11.8 Å². The molecule has 0 aliphatic carbocycles. The van der Waals surface area contributed by atoms with Gasteiger partial charge in [-0.25, -0.2) is 8.60 Å². The minimum absolute atomic E-state index is 0.338. The minimum Gasteiger partial charge on any atom is -0.234 e. The Kier molecular flexibility index (Phi) is 3.97. The van der Waals surface area contributed by atoms with Crippen molar-refractivity contribution < 1.29 is 8.60 Å². The van der Waals surface area contributed by atoms with Crippen LogP contribution in [0.25, 0.3) is 0 Å². The zero-order valence-corrected chi connectivity index (χ0v) is 10.8. The molecule has 0 saturated carbocycles. The van der Waals surface area contributed by atoms with E-state index in [9.17, 15) is 8.60 Å².